The average Bonchev–Trinajstić information content (AvgIpc) is 2.73. The fourth-order valence-corrected chi connectivity index (χ4v) is 2.88. The molecule has 0 bridgehead atoms. The molecule has 0 atom stereocenters. The van der Waals surface area contributed by atoms with Crippen LogP contribution in [0.3, 0.4) is 0 Å². The minimum atomic E-state index is -0.361. The number of anilines is 3. The molecule has 6 nitrogen and oxygen atoms in total. The highest BCUT2D eigenvalue weighted by Gasteiger charge is 2.18. The van der Waals surface area contributed by atoms with E-state index in [0.717, 1.165) is 0 Å². The molecule has 0 amide bonds. The quantitative estimate of drug-likeness (QED) is 0.505. The molecule has 0 saturated heterocycles. The number of benzene rings is 2. The van der Waals surface area contributed by atoms with E-state index in [1.54, 1.807) is 55.8 Å². The van der Waals surface area contributed by atoms with Gasteiger partial charge in [0.25, 0.3) is 0 Å². The predicted octanol–water partition coefficient (Wildman–Crippen LogP) is 4.65. The molecule has 28 heavy (non-hydrogen) atoms. The maximum Gasteiger partial charge on any atom is 0.235 e. The van der Waals surface area contributed by atoms with Gasteiger partial charge in [0, 0.05) is 24.4 Å². The van der Waals surface area contributed by atoms with Crippen LogP contribution in [0.15, 0.2) is 67.0 Å². The first-order valence-corrected chi connectivity index (χ1v) is 8.54. The van der Waals surface area contributed by atoms with Gasteiger partial charge < -0.3 is 9.47 Å². The highest BCUT2D eigenvalue weighted by molar-refractivity contribution is 5.79. The Morgan fingerprint density at radius 1 is 0.821 bits per heavy atom. The fraction of sp³-hybridized carbons (Fsp3) is 0.0952. The van der Waals surface area contributed by atoms with E-state index in [-0.39, 0.29) is 5.82 Å². The average molecular weight is 376 g/mol. The minimum absolute atomic E-state index is 0.361. The zero-order chi connectivity index (χ0) is 19.5. The van der Waals surface area contributed by atoms with E-state index in [1.807, 2.05) is 18.2 Å². The second-order valence-electron chi connectivity index (χ2n) is 5.96. The summed E-state index contributed by atoms with van der Waals surface area (Å²) < 4.78 is 24.7. The predicted molar refractivity (Wildman–Crippen MR) is 105 cm³/mol. The summed E-state index contributed by atoms with van der Waals surface area (Å²) in [5.74, 6) is 1.21. The summed E-state index contributed by atoms with van der Waals surface area (Å²) in [5.41, 5.74) is 2.60. The Kier molecular flexibility index (Phi) is 4.72. The lowest BCUT2D eigenvalue weighted by atomic mass is 10.2. The molecule has 140 valence electrons. The van der Waals surface area contributed by atoms with Gasteiger partial charge in [0.05, 0.1) is 37.3 Å². The van der Waals surface area contributed by atoms with Crippen LogP contribution < -0.4 is 14.4 Å². The van der Waals surface area contributed by atoms with Crippen LogP contribution in [0, 0.1) is 5.82 Å². The molecule has 0 saturated carbocycles. The maximum absolute atomic E-state index is 14.0. The van der Waals surface area contributed by atoms with E-state index in [4.69, 9.17) is 9.47 Å². The largest absolute Gasteiger partial charge is 0.497 e. The smallest absolute Gasteiger partial charge is 0.235 e. The summed E-state index contributed by atoms with van der Waals surface area (Å²) in [5, 5.41) is 0. The second-order valence-corrected chi connectivity index (χ2v) is 5.96. The first-order chi connectivity index (χ1) is 13.7. The Labute approximate surface area is 161 Å². The van der Waals surface area contributed by atoms with E-state index in [0.29, 0.717) is 39.9 Å². The number of hydrogen-bond donors (Lipinski definition) is 0. The molecule has 0 aliphatic carbocycles. The van der Waals surface area contributed by atoms with Crippen molar-refractivity contribution in [3.05, 3.63) is 72.8 Å². The molecular weight excluding hydrogens is 359 g/mol. The molecule has 0 spiro atoms. The molecule has 2 heterocycles. The summed E-state index contributed by atoms with van der Waals surface area (Å²) in [6, 6.07) is 15.3. The monoisotopic (exact) mass is 376 g/mol. The van der Waals surface area contributed by atoms with Gasteiger partial charge in [0.2, 0.25) is 5.95 Å². The first-order valence-electron chi connectivity index (χ1n) is 8.54. The van der Waals surface area contributed by atoms with Crippen LogP contribution in [-0.4, -0.2) is 29.2 Å². The molecule has 7 heteroatoms. The van der Waals surface area contributed by atoms with Crippen LogP contribution in [0.2, 0.25) is 0 Å². The number of aromatic nitrogens is 3. The number of rotatable bonds is 5. The van der Waals surface area contributed by atoms with Gasteiger partial charge in [-0.3, -0.25) is 9.88 Å². The van der Waals surface area contributed by atoms with E-state index >= 15 is 0 Å². The number of hydrogen-bond acceptors (Lipinski definition) is 6. The fourth-order valence-electron chi connectivity index (χ4n) is 2.88. The molecule has 2 aromatic heterocycles. The zero-order valence-electron chi connectivity index (χ0n) is 15.3. The van der Waals surface area contributed by atoms with E-state index in [2.05, 4.69) is 15.0 Å². The van der Waals surface area contributed by atoms with Crippen LogP contribution in [-0.2, 0) is 0 Å². The molecular formula is C21H17FN4O2. The van der Waals surface area contributed by atoms with Crippen molar-refractivity contribution in [2.45, 2.75) is 0 Å². The number of fused-ring (bicyclic) bond motifs is 1. The van der Waals surface area contributed by atoms with Gasteiger partial charge >= 0.3 is 0 Å². The summed E-state index contributed by atoms with van der Waals surface area (Å²) in [4.78, 5) is 15.1. The van der Waals surface area contributed by atoms with E-state index < -0.39 is 0 Å². The van der Waals surface area contributed by atoms with E-state index in [9.17, 15) is 4.39 Å². The molecule has 0 fully saturated rings. The van der Waals surface area contributed by atoms with Gasteiger partial charge in [-0.25, -0.2) is 14.4 Å². The van der Waals surface area contributed by atoms with Crippen LogP contribution in [0.25, 0.3) is 11.0 Å². The first kappa shape index (κ1) is 17.7. The van der Waals surface area contributed by atoms with Crippen molar-refractivity contribution in [1.82, 2.24) is 15.0 Å². The molecule has 2 aromatic carbocycles. The molecule has 0 aliphatic heterocycles. The number of halogens is 1. The third kappa shape index (κ3) is 3.42. The van der Waals surface area contributed by atoms with Crippen molar-refractivity contribution in [3.8, 4) is 11.5 Å². The lowest BCUT2D eigenvalue weighted by Gasteiger charge is -2.24. The minimum Gasteiger partial charge on any atom is -0.497 e. The Balaban J connectivity index is 1.94. The molecule has 0 radical (unpaired) electrons. The SMILES string of the molecule is COc1cc(OC)cc(N(c2cccc(F)c2)c2ncc3ncccc3n2)c1. The Morgan fingerprint density at radius 2 is 1.61 bits per heavy atom. The summed E-state index contributed by atoms with van der Waals surface area (Å²) in [6.07, 6.45) is 3.32. The Bertz CT molecular complexity index is 1110. The van der Waals surface area contributed by atoms with Crippen molar-refractivity contribution in [2.24, 2.45) is 0 Å². The van der Waals surface area contributed by atoms with Gasteiger partial charge in [0.15, 0.2) is 0 Å². The zero-order valence-corrected chi connectivity index (χ0v) is 15.3. The normalized spacial score (nSPS) is 10.7. The van der Waals surface area contributed by atoms with Gasteiger partial charge in [-0.2, -0.15) is 0 Å². The standard InChI is InChI=1S/C21H17FN4O2/c1-27-17-10-16(11-18(12-17)28-2)26(15-6-3-5-14(22)9-15)21-24-13-20-19(25-21)7-4-8-23-20/h3-13H,1-2H3. The summed E-state index contributed by atoms with van der Waals surface area (Å²) in [6.45, 7) is 0. The molecule has 0 unspecified atom stereocenters. The van der Waals surface area contributed by atoms with Gasteiger partial charge in [-0.1, -0.05) is 6.07 Å². The number of ether oxygens (including phenoxy) is 2. The van der Waals surface area contributed by atoms with Crippen molar-refractivity contribution >= 4 is 28.4 Å². The van der Waals surface area contributed by atoms with Crippen LogP contribution in [0.4, 0.5) is 21.7 Å². The third-order valence-corrected chi connectivity index (χ3v) is 4.20. The van der Waals surface area contributed by atoms with Gasteiger partial charge in [-0.15, -0.1) is 0 Å². The molecule has 0 aliphatic rings. The lowest BCUT2D eigenvalue weighted by molar-refractivity contribution is 0.394. The van der Waals surface area contributed by atoms with Crippen LogP contribution in [0.1, 0.15) is 0 Å². The number of pyridine rings is 1. The van der Waals surface area contributed by atoms with E-state index in [1.165, 1.54) is 12.1 Å². The molecule has 4 aromatic rings. The summed E-state index contributed by atoms with van der Waals surface area (Å²) in [7, 11) is 3.15. The van der Waals surface area contributed by atoms with Crippen LogP contribution >= 0.6 is 0 Å². The Hall–Kier alpha value is -3.74. The number of methoxy groups -OCH3 is 2. The topological polar surface area (TPSA) is 60.4 Å². The van der Waals surface area contributed by atoms with Crippen molar-refractivity contribution in [2.75, 3.05) is 19.1 Å². The van der Waals surface area contributed by atoms with Crippen molar-refractivity contribution in [3.63, 3.8) is 0 Å². The van der Waals surface area contributed by atoms with Crippen molar-refractivity contribution in [1.29, 1.82) is 0 Å². The Morgan fingerprint density at radius 3 is 2.32 bits per heavy atom. The third-order valence-electron chi connectivity index (χ3n) is 4.20. The molecule has 0 N–H and O–H groups in total. The van der Waals surface area contributed by atoms with Crippen molar-refractivity contribution < 1.29 is 13.9 Å². The number of nitrogens with zero attached hydrogens (tertiary/aromatic N) is 4. The van der Waals surface area contributed by atoms with Gasteiger partial charge in [-0.05, 0) is 30.3 Å². The highest BCUT2D eigenvalue weighted by Crippen LogP contribution is 2.37. The lowest BCUT2D eigenvalue weighted by Crippen LogP contribution is -2.14. The van der Waals surface area contributed by atoms with Crippen LogP contribution in [0.5, 0.6) is 11.5 Å². The molecule has 4 rings (SSSR count). The van der Waals surface area contributed by atoms with Gasteiger partial charge in [0.1, 0.15) is 22.8 Å². The second kappa shape index (κ2) is 7.48. The highest BCUT2D eigenvalue weighted by atomic mass is 19.1. The maximum atomic E-state index is 14.0. The summed E-state index contributed by atoms with van der Waals surface area (Å²) >= 11 is 0.